The van der Waals surface area contributed by atoms with Gasteiger partial charge in [-0.1, -0.05) is 27.7 Å². The molecule has 0 aromatic rings. The lowest BCUT2D eigenvalue weighted by atomic mass is 10.5. The van der Waals surface area contributed by atoms with Crippen molar-refractivity contribution in [3.05, 3.63) is 0 Å². The minimum Gasteiger partial charge on any atom is -1.00 e. The first-order chi connectivity index (χ1) is 9.04. The highest BCUT2D eigenvalue weighted by atomic mass is 35.5. The predicted molar refractivity (Wildman–Crippen MR) is 94.3 cm³/mol. The summed E-state index contributed by atoms with van der Waals surface area (Å²) < 4.78 is 1.07. The first kappa shape index (κ1) is 24.8. The van der Waals surface area contributed by atoms with Gasteiger partial charge in [0.15, 0.2) is 0 Å². The first-order valence-corrected chi connectivity index (χ1v) is 9.25. The van der Waals surface area contributed by atoms with Crippen LogP contribution >= 0.6 is 23.5 Å². The number of quaternary nitrogens is 2. The van der Waals surface area contributed by atoms with Crippen LogP contribution in [0.1, 0.15) is 27.7 Å². The molecule has 1 rings (SSSR count). The summed E-state index contributed by atoms with van der Waals surface area (Å²) in [6.07, 6.45) is 0. The van der Waals surface area contributed by atoms with Crippen LogP contribution in [0.3, 0.4) is 0 Å². The molecule has 1 heterocycles. The van der Waals surface area contributed by atoms with E-state index in [1.165, 1.54) is 0 Å². The fourth-order valence-electron chi connectivity index (χ4n) is 1.77. The Labute approximate surface area is 157 Å². The molecule has 0 fully saturated rings. The number of hydrogen-bond donors (Lipinski definition) is 0. The van der Waals surface area contributed by atoms with Gasteiger partial charge in [-0.3, -0.25) is 0 Å². The zero-order valence-corrected chi connectivity index (χ0v) is 18.1. The Morgan fingerprint density at radius 3 is 1.23 bits per heavy atom. The zero-order chi connectivity index (χ0) is 15.6. The quantitative estimate of drug-likeness (QED) is 0.455. The van der Waals surface area contributed by atoms with E-state index >= 15 is 0 Å². The maximum Gasteiger partial charge on any atom is 0.289 e. The Kier molecular flexibility index (Phi) is 11.0. The summed E-state index contributed by atoms with van der Waals surface area (Å²) in [5.41, 5.74) is 0. The maximum absolute atomic E-state index is 4.96. The fraction of sp³-hybridized carbons (Fsp3) is 0.857. The topological polar surface area (TPSA) is 24.7 Å². The van der Waals surface area contributed by atoms with Gasteiger partial charge in [0, 0.05) is 0 Å². The molecule has 1 aliphatic heterocycles. The van der Waals surface area contributed by atoms with Crippen molar-refractivity contribution in [3.63, 3.8) is 0 Å². The second-order valence-electron chi connectivity index (χ2n) is 6.54. The van der Waals surface area contributed by atoms with Crippen LogP contribution in [0.2, 0.25) is 0 Å². The van der Waals surface area contributed by atoms with Crippen LogP contribution in [0.15, 0.2) is 10.2 Å². The summed E-state index contributed by atoms with van der Waals surface area (Å²) >= 11 is 3.86. The monoisotopic (exact) mass is 388 g/mol. The summed E-state index contributed by atoms with van der Waals surface area (Å²) in [6, 6.07) is 0. The van der Waals surface area contributed by atoms with E-state index in [4.69, 9.17) is 10.2 Å². The van der Waals surface area contributed by atoms with Crippen molar-refractivity contribution < 1.29 is 34.0 Å². The SMILES string of the molecule is CC(C)SCC1=N[N+](C)(C)C(CSC(C)C)=N[N+]1(C)C.[Cl-].[Cl-]. The van der Waals surface area contributed by atoms with Gasteiger partial charge in [-0.15, -0.1) is 32.7 Å². The molecule has 0 N–H and O–H groups in total. The second kappa shape index (κ2) is 9.74. The molecule has 0 aliphatic carbocycles. The first-order valence-electron chi connectivity index (χ1n) is 7.15. The van der Waals surface area contributed by atoms with E-state index in [-0.39, 0.29) is 24.8 Å². The summed E-state index contributed by atoms with van der Waals surface area (Å²) in [4.78, 5) is 0. The number of halogens is 2. The Hall–Kier alpha value is 0.540. The number of hydrogen-bond acceptors (Lipinski definition) is 4. The Balaban J connectivity index is 0. The van der Waals surface area contributed by atoms with Gasteiger partial charge in [0.25, 0.3) is 11.7 Å². The molecule has 0 amide bonds. The van der Waals surface area contributed by atoms with Gasteiger partial charge < -0.3 is 24.8 Å². The standard InChI is InChI=1S/C14H30N4S2.2ClH/c1-11(2)19-9-13-15-18(7,8)14(10-20-12(3)4)16-17(13,5)6;;/h11-12H,9-10H2,1-8H3;2*1H/q+2;;/p-2. The van der Waals surface area contributed by atoms with Crippen molar-refractivity contribution in [3.8, 4) is 0 Å². The number of nitrogens with zero attached hydrogens (tertiary/aromatic N) is 4. The van der Waals surface area contributed by atoms with Crippen molar-refractivity contribution in [2.24, 2.45) is 10.2 Å². The van der Waals surface area contributed by atoms with Gasteiger partial charge in [0.05, 0.1) is 39.7 Å². The molecule has 0 spiro atoms. The summed E-state index contributed by atoms with van der Waals surface area (Å²) in [7, 11) is 8.50. The number of thioether (sulfide) groups is 2. The van der Waals surface area contributed by atoms with E-state index in [0.29, 0.717) is 19.7 Å². The van der Waals surface area contributed by atoms with Crippen LogP contribution < -0.4 is 24.8 Å². The van der Waals surface area contributed by atoms with Gasteiger partial charge >= 0.3 is 0 Å². The molecule has 0 atom stereocenters. The molecule has 0 bridgehead atoms. The van der Waals surface area contributed by atoms with Crippen LogP contribution in [0, 0.1) is 0 Å². The third-order valence-electron chi connectivity index (χ3n) is 3.09. The number of rotatable bonds is 6. The third kappa shape index (κ3) is 7.41. The third-order valence-corrected chi connectivity index (χ3v) is 5.27. The highest BCUT2D eigenvalue weighted by molar-refractivity contribution is 8.00. The van der Waals surface area contributed by atoms with E-state index in [1.54, 1.807) is 0 Å². The predicted octanol–water partition coefficient (Wildman–Crippen LogP) is -2.93. The Bertz CT molecular complexity index is 370. The highest BCUT2D eigenvalue weighted by Crippen LogP contribution is 2.23. The average Bonchev–Trinajstić information content (AvgIpc) is 2.27. The molecule has 132 valence electrons. The van der Waals surface area contributed by atoms with Crippen molar-refractivity contribution in [2.75, 3.05) is 39.7 Å². The van der Waals surface area contributed by atoms with Crippen molar-refractivity contribution in [2.45, 2.75) is 38.2 Å². The average molecular weight is 389 g/mol. The van der Waals surface area contributed by atoms with Gasteiger partial charge in [-0.05, 0) is 20.7 Å². The van der Waals surface area contributed by atoms with Crippen LogP contribution in [-0.4, -0.2) is 71.1 Å². The van der Waals surface area contributed by atoms with Crippen molar-refractivity contribution >= 4 is 35.2 Å². The molecule has 0 aromatic carbocycles. The van der Waals surface area contributed by atoms with E-state index in [9.17, 15) is 0 Å². The van der Waals surface area contributed by atoms with Gasteiger partial charge in [-0.2, -0.15) is 0 Å². The normalized spacial score (nSPS) is 19.2. The van der Waals surface area contributed by atoms with Crippen LogP contribution in [0.25, 0.3) is 0 Å². The maximum atomic E-state index is 4.96. The molecule has 8 heteroatoms. The zero-order valence-electron chi connectivity index (χ0n) is 14.9. The molecule has 1 aliphatic rings. The van der Waals surface area contributed by atoms with Crippen molar-refractivity contribution in [1.29, 1.82) is 0 Å². The summed E-state index contributed by atoms with van der Waals surface area (Å²) in [5, 5.41) is 11.2. The molecule has 4 nitrogen and oxygen atoms in total. The van der Waals surface area contributed by atoms with Crippen molar-refractivity contribution in [1.82, 2.24) is 0 Å². The molecular weight excluding hydrogens is 359 g/mol. The molecule has 0 saturated carbocycles. The lowest BCUT2D eigenvalue weighted by molar-refractivity contribution is -0.866. The lowest BCUT2D eigenvalue weighted by Gasteiger charge is -2.33. The molecular formula is C14H30Cl2N4S2. The molecule has 0 saturated heterocycles. The number of amidine groups is 2. The molecule has 0 radical (unpaired) electrons. The fourth-order valence-corrected chi connectivity index (χ4v) is 3.48. The molecule has 0 aromatic heterocycles. The van der Waals surface area contributed by atoms with E-state index < -0.39 is 0 Å². The summed E-state index contributed by atoms with van der Waals surface area (Å²) in [5.74, 6) is 4.18. The van der Waals surface area contributed by atoms with Crippen LogP contribution in [0.5, 0.6) is 0 Å². The van der Waals surface area contributed by atoms with E-state index in [0.717, 1.165) is 23.2 Å². The Morgan fingerprint density at radius 1 is 0.727 bits per heavy atom. The molecule has 0 unspecified atom stereocenters. The second-order valence-corrected chi connectivity index (χ2v) is 9.67. The largest absolute Gasteiger partial charge is 1.00 e. The molecule has 22 heavy (non-hydrogen) atoms. The smallest absolute Gasteiger partial charge is 0.289 e. The lowest BCUT2D eigenvalue weighted by Crippen LogP contribution is -3.00. The van der Waals surface area contributed by atoms with Gasteiger partial charge in [-0.25, -0.2) is 0 Å². The minimum atomic E-state index is 0. The Morgan fingerprint density at radius 2 is 1.00 bits per heavy atom. The highest BCUT2D eigenvalue weighted by Gasteiger charge is 2.40. The van der Waals surface area contributed by atoms with Crippen LogP contribution in [0.4, 0.5) is 0 Å². The minimum absolute atomic E-state index is 0. The summed E-state index contributed by atoms with van der Waals surface area (Å²) in [6.45, 7) is 8.90. The van der Waals surface area contributed by atoms with Gasteiger partial charge in [0.2, 0.25) is 0 Å². The van der Waals surface area contributed by atoms with Crippen LogP contribution in [-0.2, 0) is 0 Å². The van der Waals surface area contributed by atoms with E-state index in [2.05, 4.69) is 55.9 Å². The van der Waals surface area contributed by atoms with E-state index in [1.807, 2.05) is 23.5 Å². The van der Waals surface area contributed by atoms with Gasteiger partial charge in [0.1, 0.15) is 0 Å².